The van der Waals surface area contributed by atoms with Gasteiger partial charge in [-0.15, -0.1) is 11.3 Å². The van der Waals surface area contributed by atoms with Gasteiger partial charge in [0.1, 0.15) is 11.5 Å². The minimum Gasteiger partial charge on any atom is -0.350 e. The maximum Gasteiger partial charge on any atom is 0.273 e. The fourth-order valence-corrected chi connectivity index (χ4v) is 3.51. The number of amides is 2. The van der Waals surface area contributed by atoms with Gasteiger partial charge in [0.25, 0.3) is 5.91 Å². The van der Waals surface area contributed by atoms with Crippen LogP contribution < -0.4 is 10.6 Å². The first-order chi connectivity index (χ1) is 13.5. The van der Waals surface area contributed by atoms with E-state index >= 15 is 0 Å². The number of aromatic amines is 1. The molecule has 4 rings (SSSR count). The normalized spacial score (nSPS) is 10.8. The summed E-state index contributed by atoms with van der Waals surface area (Å²) in [5, 5.41) is 8.06. The highest BCUT2D eigenvalue weighted by Gasteiger charge is 2.14. The van der Waals surface area contributed by atoms with Gasteiger partial charge in [-0.1, -0.05) is 18.2 Å². The molecule has 2 aromatic heterocycles. The number of fused-ring (bicyclic) bond motifs is 1. The van der Waals surface area contributed by atoms with Crippen LogP contribution in [0.15, 0.2) is 53.9 Å². The first kappa shape index (κ1) is 17.9. The van der Waals surface area contributed by atoms with Crippen LogP contribution in [0.4, 0.5) is 15.2 Å². The number of aromatic nitrogens is 2. The summed E-state index contributed by atoms with van der Waals surface area (Å²) < 4.78 is 13.8. The number of carbonyl (C=O) groups excluding carboxylic acids is 2. The molecule has 0 unspecified atom stereocenters. The van der Waals surface area contributed by atoms with E-state index < -0.39 is 5.91 Å². The molecule has 6 nitrogen and oxygen atoms in total. The van der Waals surface area contributed by atoms with E-state index in [4.69, 9.17) is 0 Å². The molecule has 2 aromatic carbocycles. The number of nitrogens with zero attached hydrogens (tertiary/aromatic N) is 1. The molecule has 28 heavy (non-hydrogen) atoms. The Morgan fingerprint density at radius 1 is 1.11 bits per heavy atom. The molecule has 2 amide bonds. The van der Waals surface area contributed by atoms with Gasteiger partial charge in [-0.25, -0.2) is 9.37 Å². The topological polar surface area (TPSA) is 86.9 Å². The van der Waals surface area contributed by atoms with E-state index in [0.29, 0.717) is 27.4 Å². The minimum absolute atomic E-state index is 0.136. The Balaban J connectivity index is 1.50. The second-order valence-corrected chi connectivity index (χ2v) is 6.99. The van der Waals surface area contributed by atoms with E-state index in [0.717, 1.165) is 5.56 Å². The van der Waals surface area contributed by atoms with Gasteiger partial charge in [0, 0.05) is 34.5 Å². The van der Waals surface area contributed by atoms with Crippen molar-refractivity contribution in [2.45, 2.75) is 6.92 Å². The highest BCUT2D eigenvalue weighted by atomic mass is 32.1. The number of benzene rings is 2. The quantitative estimate of drug-likeness (QED) is 0.471. The molecule has 140 valence electrons. The predicted molar refractivity (Wildman–Crippen MR) is 108 cm³/mol. The molecule has 0 saturated heterocycles. The summed E-state index contributed by atoms with van der Waals surface area (Å²) in [4.78, 5) is 30.9. The number of thiazole rings is 1. The molecule has 0 fully saturated rings. The van der Waals surface area contributed by atoms with Gasteiger partial charge in [0.2, 0.25) is 5.91 Å². The Morgan fingerprint density at radius 3 is 2.61 bits per heavy atom. The van der Waals surface area contributed by atoms with Crippen LogP contribution in [0.2, 0.25) is 0 Å². The lowest BCUT2D eigenvalue weighted by molar-refractivity contribution is -0.114. The van der Waals surface area contributed by atoms with E-state index in [1.165, 1.54) is 30.4 Å². The van der Waals surface area contributed by atoms with Crippen molar-refractivity contribution in [2.75, 3.05) is 10.6 Å². The highest BCUT2D eigenvalue weighted by molar-refractivity contribution is 7.14. The molecule has 0 spiro atoms. The van der Waals surface area contributed by atoms with Crippen molar-refractivity contribution in [3.05, 3.63) is 65.4 Å². The zero-order valence-electron chi connectivity index (χ0n) is 14.7. The number of carbonyl (C=O) groups is 2. The molecule has 4 aromatic rings. The monoisotopic (exact) mass is 394 g/mol. The van der Waals surface area contributed by atoms with E-state index in [2.05, 4.69) is 20.6 Å². The average molecular weight is 394 g/mol. The molecular formula is C20H15FN4O2S. The summed E-state index contributed by atoms with van der Waals surface area (Å²) in [5.41, 5.74) is 3.09. The first-order valence-electron chi connectivity index (χ1n) is 8.42. The van der Waals surface area contributed by atoms with Crippen LogP contribution in [0, 0.1) is 5.82 Å². The van der Waals surface area contributed by atoms with E-state index in [9.17, 15) is 14.0 Å². The van der Waals surface area contributed by atoms with Crippen LogP contribution in [0.25, 0.3) is 22.2 Å². The molecule has 0 bridgehead atoms. The lowest BCUT2D eigenvalue weighted by Gasteiger charge is -2.02. The Labute approximate surface area is 163 Å². The zero-order chi connectivity index (χ0) is 19.7. The molecule has 0 radical (unpaired) electrons. The Morgan fingerprint density at radius 2 is 1.89 bits per heavy atom. The van der Waals surface area contributed by atoms with Crippen LogP contribution in [0.3, 0.4) is 0 Å². The maximum atomic E-state index is 13.8. The molecule has 0 aliphatic carbocycles. The van der Waals surface area contributed by atoms with Crippen molar-refractivity contribution in [1.29, 1.82) is 0 Å². The third-order valence-electron chi connectivity index (χ3n) is 4.08. The fourth-order valence-electron chi connectivity index (χ4n) is 2.80. The van der Waals surface area contributed by atoms with E-state index in [1.54, 1.807) is 24.3 Å². The summed E-state index contributed by atoms with van der Waals surface area (Å²) in [6.07, 6.45) is 0. The van der Waals surface area contributed by atoms with Crippen LogP contribution in [0.5, 0.6) is 0 Å². The van der Waals surface area contributed by atoms with Crippen LogP contribution in [-0.4, -0.2) is 21.8 Å². The van der Waals surface area contributed by atoms with Crippen molar-refractivity contribution < 1.29 is 14.0 Å². The average Bonchev–Trinajstić information content (AvgIpc) is 3.30. The van der Waals surface area contributed by atoms with Crippen molar-refractivity contribution >= 4 is 44.9 Å². The second-order valence-electron chi connectivity index (χ2n) is 6.13. The number of hydrogen-bond acceptors (Lipinski definition) is 4. The first-order valence-corrected chi connectivity index (χ1v) is 9.30. The van der Waals surface area contributed by atoms with Gasteiger partial charge >= 0.3 is 0 Å². The van der Waals surface area contributed by atoms with Gasteiger partial charge in [0.15, 0.2) is 5.13 Å². The summed E-state index contributed by atoms with van der Waals surface area (Å²) in [6, 6.07) is 13.4. The second kappa shape index (κ2) is 7.24. The lowest BCUT2D eigenvalue weighted by Crippen LogP contribution is -2.11. The van der Waals surface area contributed by atoms with Crippen molar-refractivity contribution in [1.82, 2.24) is 9.97 Å². The smallest absolute Gasteiger partial charge is 0.273 e. The Kier molecular flexibility index (Phi) is 4.62. The molecule has 0 aliphatic rings. The van der Waals surface area contributed by atoms with Gasteiger partial charge in [-0.2, -0.15) is 0 Å². The highest BCUT2D eigenvalue weighted by Crippen LogP contribution is 2.27. The summed E-state index contributed by atoms with van der Waals surface area (Å²) >= 11 is 1.29. The van der Waals surface area contributed by atoms with Gasteiger partial charge < -0.3 is 10.3 Å². The third kappa shape index (κ3) is 3.63. The van der Waals surface area contributed by atoms with Crippen LogP contribution in [0.1, 0.15) is 17.4 Å². The number of hydrogen-bond donors (Lipinski definition) is 3. The Bertz CT molecular complexity index is 1180. The lowest BCUT2D eigenvalue weighted by atomic mass is 10.1. The Hall–Kier alpha value is -3.52. The molecule has 8 heteroatoms. The van der Waals surface area contributed by atoms with Crippen LogP contribution >= 0.6 is 11.3 Å². The summed E-state index contributed by atoms with van der Waals surface area (Å²) in [7, 11) is 0. The van der Waals surface area contributed by atoms with Gasteiger partial charge in [-0.05, 0) is 30.3 Å². The maximum absolute atomic E-state index is 13.8. The molecular weight excluding hydrogens is 379 g/mol. The van der Waals surface area contributed by atoms with Crippen molar-refractivity contribution in [2.24, 2.45) is 0 Å². The van der Waals surface area contributed by atoms with E-state index in [1.807, 2.05) is 17.5 Å². The molecule has 0 aliphatic heterocycles. The SMILES string of the molecule is CC(=O)Nc1ccc(-c2csc(NC(=O)c3cc4c(F)cccc4[nH]3)n2)cc1. The summed E-state index contributed by atoms with van der Waals surface area (Å²) in [5.74, 6) is -0.909. The number of rotatable bonds is 4. The minimum atomic E-state index is -0.391. The van der Waals surface area contributed by atoms with Crippen molar-refractivity contribution in [3.63, 3.8) is 0 Å². The summed E-state index contributed by atoms with van der Waals surface area (Å²) in [6.45, 7) is 1.45. The number of nitrogens with one attached hydrogen (secondary N) is 3. The van der Waals surface area contributed by atoms with E-state index in [-0.39, 0.29) is 17.4 Å². The van der Waals surface area contributed by atoms with Crippen molar-refractivity contribution in [3.8, 4) is 11.3 Å². The third-order valence-corrected chi connectivity index (χ3v) is 4.84. The number of H-pyrrole nitrogens is 1. The van der Waals surface area contributed by atoms with Gasteiger partial charge in [0.05, 0.1) is 5.69 Å². The van der Waals surface area contributed by atoms with Crippen LogP contribution in [-0.2, 0) is 4.79 Å². The predicted octanol–water partition coefficient (Wildman–Crippen LogP) is 4.64. The largest absolute Gasteiger partial charge is 0.350 e. The standard InChI is InChI=1S/C20H15FN4O2S/c1-11(26)22-13-7-5-12(6-8-13)18-10-28-20(24-18)25-19(27)17-9-14-15(21)3-2-4-16(14)23-17/h2-10,23H,1H3,(H,22,26)(H,24,25,27). The molecule has 0 atom stereocenters. The van der Waals surface area contributed by atoms with Gasteiger partial charge in [-0.3, -0.25) is 14.9 Å². The molecule has 2 heterocycles. The fraction of sp³-hybridized carbons (Fsp3) is 0.0500. The molecule has 0 saturated carbocycles. The number of halogens is 1. The number of anilines is 2. The molecule has 3 N–H and O–H groups in total. The zero-order valence-corrected chi connectivity index (χ0v) is 15.6.